The highest BCUT2D eigenvalue weighted by atomic mass is 16.6. The summed E-state index contributed by atoms with van der Waals surface area (Å²) >= 11 is 0. The van der Waals surface area contributed by atoms with E-state index in [9.17, 15) is 9.59 Å². The van der Waals surface area contributed by atoms with Crippen LogP contribution in [0.2, 0.25) is 0 Å². The van der Waals surface area contributed by atoms with Gasteiger partial charge in [-0.2, -0.15) is 0 Å². The van der Waals surface area contributed by atoms with E-state index >= 15 is 0 Å². The largest absolute Gasteiger partial charge is 0.444 e. The molecule has 6 nitrogen and oxygen atoms in total. The lowest BCUT2D eigenvalue weighted by Gasteiger charge is -2.24. The summed E-state index contributed by atoms with van der Waals surface area (Å²) in [5.41, 5.74) is 5.35. The van der Waals surface area contributed by atoms with Crippen molar-refractivity contribution in [1.29, 1.82) is 0 Å². The van der Waals surface area contributed by atoms with E-state index in [1.165, 1.54) is 0 Å². The summed E-state index contributed by atoms with van der Waals surface area (Å²) in [6.07, 6.45) is 0.292. The van der Waals surface area contributed by atoms with Crippen LogP contribution in [0.3, 0.4) is 0 Å². The highest BCUT2D eigenvalue weighted by molar-refractivity contribution is 5.82. The summed E-state index contributed by atoms with van der Waals surface area (Å²) in [6, 6.07) is -0.538. The van der Waals surface area contributed by atoms with Crippen molar-refractivity contribution < 1.29 is 14.3 Å². The van der Waals surface area contributed by atoms with Crippen LogP contribution in [-0.4, -0.2) is 47.7 Å². The van der Waals surface area contributed by atoms with Crippen LogP contribution in [0.1, 0.15) is 41.0 Å². The monoisotopic (exact) mass is 285 g/mol. The maximum absolute atomic E-state index is 12.1. The smallest absolute Gasteiger partial charge is 0.407 e. The molecule has 116 valence electrons. The lowest BCUT2D eigenvalue weighted by Crippen LogP contribution is -2.47. The van der Waals surface area contributed by atoms with E-state index in [0.717, 1.165) is 6.42 Å². The van der Waals surface area contributed by atoms with Gasteiger partial charge in [-0.1, -0.05) is 13.8 Å². The predicted octanol–water partition coefficient (Wildman–Crippen LogP) is 1.10. The van der Waals surface area contributed by atoms with Crippen LogP contribution >= 0.6 is 0 Å². The predicted molar refractivity (Wildman–Crippen MR) is 77.2 cm³/mol. The van der Waals surface area contributed by atoms with E-state index in [-0.39, 0.29) is 17.9 Å². The van der Waals surface area contributed by atoms with Gasteiger partial charge in [0.05, 0.1) is 12.1 Å². The third-order valence-corrected chi connectivity index (χ3v) is 3.22. The Labute approximate surface area is 121 Å². The standard InChI is InChI=1S/C14H27N3O3/c1-9(2)11(15)12(18)17-7-6-10(8-17)16-13(19)20-14(3,4)5/h9-11H,6-8,15H2,1-5H3,(H,16,19). The molecule has 1 heterocycles. The molecule has 6 heteroatoms. The van der Waals surface area contributed by atoms with Crippen molar-refractivity contribution >= 4 is 12.0 Å². The Morgan fingerprint density at radius 3 is 2.45 bits per heavy atom. The summed E-state index contributed by atoms with van der Waals surface area (Å²) in [5.74, 6) is 0.0638. The highest BCUT2D eigenvalue weighted by Gasteiger charge is 2.31. The number of hydrogen-bond acceptors (Lipinski definition) is 4. The van der Waals surface area contributed by atoms with Gasteiger partial charge in [0.25, 0.3) is 0 Å². The van der Waals surface area contributed by atoms with Gasteiger partial charge in [0.15, 0.2) is 0 Å². The number of nitrogens with two attached hydrogens (primary N) is 1. The number of nitrogens with zero attached hydrogens (tertiary/aromatic N) is 1. The van der Waals surface area contributed by atoms with Crippen LogP contribution in [-0.2, 0) is 9.53 Å². The summed E-state index contributed by atoms with van der Waals surface area (Å²) in [7, 11) is 0. The van der Waals surface area contributed by atoms with Crippen LogP contribution in [0.15, 0.2) is 0 Å². The van der Waals surface area contributed by atoms with Crippen LogP contribution in [0.5, 0.6) is 0 Å². The molecule has 0 spiro atoms. The van der Waals surface area contributed by atoms with Gasteiger partial charge in [0.2, 0.25) is 5.91 Å². The van der Waals surface area contributed by atoms with Crippen molar-refractivity contribution in [3.63, 3.8) is 0 Å². The fourth-order valence-corrected chi connectivity index (χ4v) is 2.05. The summed E-state index contributed by atoms with van der Waals surface area (Å²) in [6.45, 7) is 10.4. The summed E-state index contributed by atoms with van der Waals surface area (Å²) in [4.78, 5) is 25.5. The minimum Gasteiger partial charge on any atom is -0.444 e. The summed E-state index contributed by atoms with van der Waals surface area (Å²) in [5, 5.41) is 2.79. The van der Waals surface area contributed by atoms with Gasteiger partial charge in [-0.15, -0.1) is 0 Å². The number of likely N-dealkylation sites (tertiary alicyclic amines) is 1. The number of alkyl carbamates (subject to hydrolysis) is 1. The van der Waals surface area contributed by atoms with Gasteiger partial charge in [-0.25, -0.2) is 4.79 Å². The SMILES string of the molecule is CC(C)C(N)C(=O)N1CCC(NC(=O)OC(C)(C)C)C1. The normalized spacial score (nSPS) is 20.9. The van der Waals surface area contributed by atoms with E-state index in [0.29, 0.717) is 13.1 Å². The number of carbonyl (C=O) groups is 2. The van der Waals surface area contributed by atoms with Gasteiger partial charge < -0.3 is 20.7 Å². The van der Waals surface area contributed by atoms with Crippen molar-refractivity contribution in [2.24, 2.45) is 11.7 Å². The molecule has 2 atom stereocenters. The number of ether oxygens (including phenoxy) is 1. The average Bonchev–Trinajstić information content (AvgIpc) is 2.72. The van der Waals surface area contributed by atoms with E-state index in [1.807, 2.05) is 34.6 Å². The molecule has 0 saturated carbocycles. The maximum atomic E-state index is 12.1. The lowest BCUT2D eigenvalue weighted by atomic mass is 10.0. The second kappa shape index (κ2) is 6.43. The van der Waals surface area contributed by atoms with Gasteiger partial charge in [0, 0.05) is 13.1 Å². The molecule has 0 bridgehead atoms. The minimum absolute atomic E-state index is 0.0477. The fourth-order valence-electron chi connectivity index (χ4n) is 2.05. The second-order valence-electron chi connectivity index (χ2n) is 6.69. The van der Waals surface area contributed by atoms with Gasteiger partial charge >= 0.3 is 6.09 Å². The van der Waals surface area contributed by atoms with Gasteiger partial charge in [-0.3, -0.25) is 4.79 Å². The molecular formula is C14H27N3O3. The van der Waals surface area contributed by atoms with E-state index in [2.05, 4.69) is 5.32 Å². The van der Waals surface area contributed by atoms with E-state index in [4.69, 9.17) is 10.5 Å². The van der Waals surface area contributed by atoms with Crippen LogP contribution in [0.4, 0.5) is 4.79 Å². The first-order chi connectivity index (χ1) is 9.10. The Hall–Kier alpha value is -1.30. The van der Waals surface area contributed by atoms with Crippen molar-refractivity contribution in [1.82, 2.24) is 10.2 Å². The third-order valence-electron chi connectivity index (χ3n) is 3.22. The zero-order chi connectivity index (χ0) is 15.5. The summed E-state index contributed by atoms with van der Waals surface area (Å²) < 4.78 is 5.20. The molecule has 0 radical (unpaired) electrons. The van der Waals surface area contributed by atoms with Crippen LogP contribution < -0.4 is 11.1 Å². The van der Waals surface area contributed by atoms with Crippen LogP contribution in [0.25, 0.3) is 0 Å². The van der Waals surface area contributed by atoms with Crippen molar-refractivity contribution in [2.75, 3.05) is 13.1 Å². The number of nitrogens with one attached hydrogen (secondary N) is 1. The molecule has 2 unspecified atom stereocenters. The zero-order valence-electron chi connectivity index (χ0n) is 13.1. The molecule has 0 aromatic rings. The molecule has 20 heavy (non-hydrogen) atoms. The Bertz CT molecular complexity index is 363. The topological polar surface area (TPSA) is 84.7 Å². The number of hydrogen-bond donors (Lipinski definition) is 2. The third kappa shape index (κ3) is 5.00. The Morgan fingerprint density at radius 1 is 1.35 bits per heavy atom. The zero-order valence-corrected chi connectivity index (χ0v) is 13.1. The molecule has 3 N–H and O–H groups in total. The Balaban J connectivity index is 2.44. The van der Waals surface area contributed by atoms with E-state index < -0.39 is 17.7 Å². The Kier molecular flexibility index (Phi) is 5.39. The molecule has 1 saturated heterocycles. The average molecular weight is 285 g/mol. The van der Waals surface area contributed by atoms with Crippen molar-refractivity contribution in [3.05, 3.63) is 0 Å². The first-order valence-corrected chi connectivity index (χ1v) is 7.14. The van der Waals surface area contributed by atoms with E-state index in [1.54, 1.807) is 4.90 Å². The van der Waals surface area contributed by atoms with Gasteiger partial charge in [-0.05, 0) is 33.1 Å². The second-order valence-corrected chi connectivity index (χ2v) is 6.69. The molecule has 0 aromatic heterocycles. The number of rotatable bonds is 3. The maximum Gasteiger partial charge on any atom is 0.407 e. The highest BCUT2D eigenvalue weighted by Crippen LogP contribution is 2.14. The molecule has 1 rings (SSSR count). The molecular weight excluding hydrogens is 258 g/mol. The van der Waals surface area contributed by atoms with Gasteiger partial charge in [0.1, 0.15) is 5.60 Å². The van der Waals surface area contributed by atoms with Crippen molar-refractivity contribution in [3.8, 4) is 0 Å². The number of carbonyl (C=O) groups excluding carboxylic acids is 2. The molecule has 1 fully saturated rings. The quantitative estimate of drug-likeness (QED) is 0.813. The van der Waals surface area contributed by atoms with Crippen LogP contribution in [0, 0.1) is 5.92 Å². The molecule has 0 aliphatic carbocycles. The lowest BCUT2D eigenvalue weighted by molar-refractivity contribution is -0.132. The first-order valence-electron chi connectivity index (χ1n) is 7.14. The molecule has 0 aromatic carbocycles. The minimum atomic E-state index is -0.516. The van der Waals surface area contributed by atoms with Crippen molar-refractivity contribution in [2.45, 2.75) is 58.7 Å². The number of amides is 2. The Morgan fingerprint density at radius 2 is 1.95 bits per heavy atom. The first kappa shape index (κ1) is 16.8. The fraction of sp³-hybridized carbons (Fsp3) is 0.857. The molecule has 1 aliphatic rings. The molecule has 1 aliphatic heterocycles. The molecule has 2 amide bonds.